The number of nitrogens with zero attached hydrogens (tertiary/aromatic N) is 1. The first-order valence-electron chi connectivity index (χ1n) is 7.09. The second-order valence-electron chi connectivity index (χ2n) is 5.91. The summed E-state index contributed by atoms with van der Waals surface area (Å²) in [6, 6.07) is 12.5. The zero-order valence-electron chi connectivity index (χ0n) is 12.1. The summed E-state index contributed by atoms with van der Waals surface area (Å²) in [6.45, 7) is 8.15. The number of rotatable bonds is 3. The fraction of sp³-hybridized carbons (Fsp3) is 0.625. The van der Waals surface area contributed by atoms with Crippen molar-refractivity contribution in [2.24, 2.45) is 5.92 Å². The van der Waals surface area contributed by atoms with E-state index in [1.807, 2.05) is 0 Å². The van der Waals surface area contributed by atoms with Crippen molar-refractivity contribution >= 4 is 0 Å². The van der Waals surface area contributed by atoms with Crippen LogP contribution in [0.15, 0.2) is 30.3 Å². The van der Waals surface area contributed by atoms with Gasteiger partial charge in [-0.25, -0.2) is 0 Å². The number of hydrogen-bond acceptors (Lipinski definition) is 2. The van der Waals surface area contributed by atoms with Crippen LogP contribution in [0.4, 0.5) is 0 Å². The average molecular weight is 246 g/mol. The van der Waals surface area contributed by atoms with Gasteiger partial charge in [-0.2, -0.15) is 0 Å². The molecule has 0 radical (unpaired) electrons. The van der Waals surface area contributed by atoms with Gasteiger partial charge in [0.05, 0.1) is 0 Å². The average Bonchev–Trinajstić information content (AvgIpc) is 2.37. The van der Waals surface area contributed by atoms with Crippen LogP contribution in [0.5, 0.6) is 0 Å². The van der Waals surface area contributed by atoms with Gasteiger partial charge in [-0.05, 0) is 38.8 Å². The van der Waals surface area contributed by atoms with Crippen molar-refractivity contribution < 1.29 is 0 Å². The molecule has 0 aliphatic carbocycles. The van der Waals surface area contributed by atoms with Crippen molar-refractivity contribution in [3.05, 3.63) is 35.9 Å². The summed E-state index contributed by atoms with van der Waals surface area (Å²) in [6.07, 6.45) is 1.24. The number of nitrogens with one attached hydrogen (secondary N) is 1. The van der Waals surface area contributed by atoms with Gasteiger partial charge in [0.2, 0.25) is 0 Å². The second kappa shape index (κ2) is 5.85. The molecule has 0 aromatic heterocycles. The molecule has 0 spiro atoms. The number of piperidine rings is 1. The maximum Gasteiger partial charge on any atom is 0.0294 e. The molecule has 1 aromatic rings. The van der Waals surface area contributed by atoms with Crippen LogP contribution < -0.4 is 5.32 Å². The van der Waals surface area contributed by atoms with E-state index >= 15 is 0 Å². The van der Waals surface area contributed by atoms with Crippen LogP contribution in [0.25, 0.3) is 0 Å². The van der Waals surface area contributed by atoms with Crippen molar-refractivity contribution in [3.8, 4) is 0 Å². The molecule has 2 rings (SSSR count). The first kappa shape index (κ1) is 13.6. The van der Waals surface area contributed by atoms with Crippen molar-refractivity contribution in [2.45, 2.75) is 45.3 Å². The molecular weight excluding hydrogens is 220 g/mol. The van der Waals surface area contributed by atoms with E-state index in [9.17, 15) is 0 Å². The van der Waals surface area contributed by atoms with Crippen LogP contribution in [0.3, 0.4) is 0 Å². The van der Waals surface area contributed by atoms with Crippen LogP contribution in [0, 0.1) is 5.92 Å². The molecule has 1 aliphatic rings. The topological polar surface area (TPSA) is 15.3 Å². The van der Waals surface area contributed by atoms with E-state index in [-0.39, 0.29) is 0 Å². The Morgan fingerprint density at radius 2 is 1.89 bits per heavy atom. The van der Waals surface area contributed by atoms with Crippen LogP contribution in [-0.4, -0.2) is 30.6 Å². The molecule has 1 N–H and O–H groups in total. The van der Waals surface area contributed by atoms with Gasteiger partial charge in [0.25, 0.3) is 0 Å². The molecule has 0 saturated carbocycles. The van der Waals surface area contributed by atoms with Crippen LogP contribution >= 0.6 is 0 Å². The number of likely N-dealkylation sites (tertiary alicyclic amines) is 1. The zero-order valence-corrected chi connectivity index (χ0v) is 12.1. The standard InChI is InChI=1S/C16H26N2/c1-12-11-18(4)13(2)10-16(12)17-14(3)15-8-6-5-7-9-15/h5-9,12-14,16-17H,10-11H2,1-4H3/t12-,13+,14+,16+/m1/s1. The Kier molecular flexibility index (Phi) is 4.41. The summed E-state index contributed by atoms with van der Waals surface area (Å²) >= 11 is 0. The van der Waals surface area contributed by atoms with Crippen LogP contribution in [-0.2, 0) is 0 Å². The molecule has 0 bridgehead atoms. The molecule has 2 heteroatoms. The van der Waals surface area contributed by atoms with Gasteiger partial charge in [0, 0.05) is 24.7 Å². The van der Waals surface area contributed by atoms with Crippen LogP contribution in [0.1, 0.15) is 38.8 Å². The lowest BCUT2D eigenvalue weighted by Crippen LogP contribution is -2.51. The third-order valence-corrected chi connectivity index (χ3v) is 4.37. The monoisotopic (exact) mass is 246 g/mol. The van der Waals surface area contributed by atoms with Gasteiger partial charge in [0.15, 0.2) is 0 Å². The molecule has 1 saturated heterocycles. The Labute approximate surface area is 111 Å². The van der Waals surface area contributed by atoms with E-state index < -0.39 is 0 Å². The summed E-state index contributed by atoms with van der Waals surface area (Å²) in [5.41, 5.74) is 1.39. The lowest BCUT2D eigenvalue weighted by atomic mass is 9.89. The summed E-state index contributed by atoms with van der Waals surface area (Å²) in [7, 11) is 2.23. The molecule has 2 nitrogen and oxygen atoms in total. The minimum Gasteiger partial charge on any atom is -0.307 e. The molecule has 1 heterocycles. The predicted molar refractivity (Wildman–Crippen MR) is 77.7 cm³/mol. The van der Waals surface area contributed by atoms with E-state index in [1.54, 1.807) is 0 Å². The first-order chi connectivity index (χ1) is 8.58. The lowest BCUT2D eigenvalue weighted by molar-refractivity contribution is 0.116. The van der Waals surface area contributed by atoms with E-state index in [0.29, 0.717) is 18.1 Å². The molecule has 4 atom stereocenters. The van der Waals surface area contributed by atoms with Gasteiger partial charge in [-0.1, -0.05) is 37.3 Å². The Bertz CT molecular complexity index is 363. The van der Waals surface area contributed by atoms with Crippen molar-refractivity contribution in [1.82, 2.24) is 10.2 Å². The van der Waals surface area contributed by atoms with Crippen molar-refractivity contribution in [2.75, 3.05) is 13.6 Å². The molecule has 1 aromatic carbocycles. The lowest BCUT2D eigenvalue weighted by Gasteiger charge is -2.41. The second-order valence-corrected chi connectivity index (χ2v) is 5.91. The normalized spacial score (nSPS) is 31.2. The van der Waals surface area contributed by atoms with Gasteiger partial charge >= 0.3 is 0 Å². The highest BCUT2D eigenvalue weighted by atomic mass is 15.2. The molecule has 100 valence electrons. The fourth-order valence-corrected chi connectivity index (χ4v) is 2.93. The van der Waals surface area contributed by atoms with Gasteiger partial charge in [-0.3, -0.25) is 0 Å². The summed E-state index contributed by atoms with van der Waals surface area (Å²) < 4.78 is 0. The molecule has 0 unspecified atom stereocenters. The smallest absolute Gasteiger partial charge is 0.0294 e. The zero-order chi connectivity index (χ0) is 13.1. The van der Waals surface area contributed by atoms with E-state index in [0.717, 1.165) is 5.92 Å². The highest BCUT2D eigenvalue weighted by molar-refractivity contribution is 5.18. The van der Waals surface area contributed by atoms with Crippen LogP contribution in [0.2, 0.25) is 0 Å². The van der Waals surface area contributed by atoms with E-state index in [4.69, 9.17) is 0 Å². The summed E-state index contributed by atoms with van der Waals surface area (Å²) in [5.74, 6) is 0.720. The first-order valence-corrected chi connectivity index (χ1v) is 7.09. The molecule has 18 heavy (non-hydrogen) atoms. The van der Waals surface area contributed by atoms with Gasteiger partial charge in [-0.15, -0.1) is 0 Å². The Balaban J connectivity index is 1.97. The Hall–Kier alpha value is -0.860. The minimum absolute atomic E-state index is 0.439. The largest absolute Gasteiger partial charge is 0.307 e. The molecular formula is C16H26N2. The fourth-order valence-electron chi connectivity index (χ4n) is 2.93. The molecule has 1 fully saturated rings. The SMILES string of the molecule is C[C@H](N[C@H]1C[C@H](C)N(C)C[C@H]1C)c1ccccc1. The van der Waals surface area contributed by atoms with Crippen molar-refractivity contribution in [1.29, 1.82) is 0 Å². The maximum atomic E-state index is 3.81. The van der Waals surface area contributed by atoms with Gasteiger partial charge < -0.3 is 10.2 Å². The minimum atomic E-state index is 0.439. The third-order valence-electron chi connectivity index (χ3n) is 4.37. The number of hydrogen-bond donors (Lipinski definition) is 1. The quantitative estimate of drug-likeness (QED) is 0.882. The molecule has 0 amide bonds. The Morgan fingerprint density at radius 1 is 1.22 bits per heavy atom. The highest BCUT2D eigenvalue weighted by Gasteiger charge is 2.29. The third kappa shape index (κ3) is 3.12. The maximum absolute atomic E-state index is 3.81. The van der Waals surface area contributed by atoms with E-state index in [2.05, 4.69) is 68.4 Å². The predicted octanol–water partition coefficient (Wildman–Crippen LogP) is 3.07. The van der Waals surface area contributed by atoms with Crippen molar-refractivity contribution in [3.63, 3.8) is 0 Å². The number of benzene rings is 1. The summed E-state index contributed by atoms with van der Waals surface area (Å²) in [5, 5.41) is 3.81. The summed E-state index contributed by atoms with van der Waals surface area (Å²) in [4.78, 5) is 2.47. The Morgan fingerprint density at radius 3 is 2.56 bits per heavy atom. The molecule has 1 aliphatic heterocycles. The highest BCUT2D eigenvalue weighted by Crippen LogP contribution is 2.23. The van der Waals surface area contributed by atoms with E-state index in [1.165, 1.54) is 18.5 Å². The van der Waals surface area contributed by atoms with Gasteiger partial charge in [0.1, 0.15) is 0 Å².